The van der Waals surface area contributed by atoms with Crippen LogP contribution in [-0.2, 0) is 11.2 Å². The molecule has 3 heterocycles. The van der Waals surface area contributed by atoms with Crippen LogP contribution in [0.1, 0.15) is 12.5 Å². The zero-order valence-electron chi connectivity index (χ0n) is 18.0. The highest BCUT2D eigenvalue weighted by atomic mass is 19.2. The third kappa shape index (κ3) is 4.31. The lowest BCUT2D eigenvalue weighted by Gasteiger charge is -2.43. The minimum Gasteiger partial charge on any atom is -0.378 e. The molecule has 2 fully saturated rings. The van der Waals surface area contributed by atoms with Crippen molar-refractivity contribution in [3.8, 4) is 5.69 Å². The van der Waals surface area contributed by atoms with Gasteiger partial charge in [0.2, 0.25) is 5.95 Å². The van der Waals surface area contributed by atoms with Gasteiger partial charge in [-0.25, -0.2) is 13.5 Å². The van der Waals surface area contributed by atoms with Gasteiger partial charge >= 0.3 is 0 Å². The van der Waals surface area contributed by atoms with Crippen LogP contribution < -0.4 is 10.2 Å². The van der Waals surface area contributed by atoms with Crippen LogP contribution in [0.15, 0.2) is 42.7 Å². The van der Waals surface area contributed by atoms with Gasteiger partial charge in [0, 0.05) is 43.6 Å². The Hall–Kier alpha value is -3.04. The number of aromatic nitrogens is 3. The fourth-order valence-corrected chi connectivity index (χ4v) is 4.11. The molecule has 1 N–H and O–H groups in total. The molecule has 32 heavy (non-hydrogen) atoms. The molecule has 0 saturated carbocycles. The normalized spacial score (nSPS) is 17.4. The van der Waals surface area contributed by atoms with E-state index in [9.17, 15) is 8.78 Å². The van der Waals surface area contributed by atoms with Crippen LogP contribution in [0.3, 0.4) is 0 Å². The molecule has 0 spiro atoms. The van der Waals surface area contributed by atoms with Gasteiger partial charge in [-0.15, -0.1) is 5.10 Å². The largest absolute Gasteiger partial charge is 0.378 e. The first-order valence-electron chi connectivity index (χ1n) is 10.9. The summed E-state index contributed by atoms with van der Waals surface area (Å²) in [7, 11) is 0. The number of nitrogens with one attached hydrogen (secondary N) is 1. The van der Waals surface area contributed by atoms with Crippen molar-refractivity contribution in [2.45, 2.75) is 19.4 Å². The fourth-order valence-electron chi connectivity index (χ4n) is 4.11. The smallest absolute Gasteiger partial charge is 0.246 e. The molecule has 9 heteroatoms. The van der Waals surface area contributed by atoms with E-state index in [4.69, 9.17) is 4.74 Å². The molecule has 0 amide bonds. The Morgan fingerprint density at radius 1 is 1.00 bits per heavy atom. The van der Waals surface area contributed by atoms with E-state index >= 15 is 0 Å². The number of anilines is 3. The van der Waals surface area contributed by atoms with Crippen molar-refractivity contribution < 1.29 is 13.5 Å². The minimum atomic E-state index is -0.919. The summed E-state index contributed by atoms with van der Waals surface area (Å²) in [5, 5.41) is 7.62. The predicted octanol–water partition coefficient (Wildman–Crippen LogP) is 3.37. The molecule has 5 rings (SSSR count). The van der Waals surface area contributed by atoms with Gasteiger partial charge in [-0.05, 0) is 42.3 Å². The number of hydrogen-bond donors (Lipinski definition) is 1. The molecule has 168 valence electrons. The van der Waals surface area contributed by atoms with Crippen LogP contribution in [0, 0.1) is 11.6 Å². The molecule has 0 radical (unpaired) electrons. The van der Waals surface area contributed by atoms with Gasteiger partial charge in [-0.2, -0.15) is 4.98 Å². The highest BCUT2D eigenvalue weighted by molar-refractivity contribution is 5.64. The molecule has 0 aliphatic carbocycles. The summed E-state index contributed by atoms with van der Waals surface area (Å²) in [6.45, 7) is 7.86. The Morgan fingerprint density at radius 2 is 1.81 bits per heavy atom. The van der Waals surface area contributed by atoms with Crippen LogP contribution in [0.5, 0.6) is 0 Å². The van der Waals surface area contributed by atoms with Crippen molar-refractivity contribution in [3.05, 3.63) is 59.9 Å². The number of nitrogens with zero attached hydrogens (tertiary/aromatic N) is 5. The zero-order chi connectivity index (χ0) is 22.1. The number of rotatable bonds is 6. The second kappa shape index (κ2) is 8.84. The van der Waals surface area contributed by atoms with E-state index < -0.39 is 11.6 Å². The van der Waals surface area contributed by atoms with Crippen molar-refractivity contribution >= 4 is 17.3 Å². The predicted molar refractivity (Wildman–Crippen MR) is 119 cm³/mol. The number of ether oxygens (including phenoxy) is 1. The van der Waals surface area contributed by atoms with Crippen LogP contribution in [-0.4, -0.2) is 65.1 Å². The molecule has 1 aromatic heterocycles. The maximum Gasteiger partial charge on any atom is 0.246 e. The summed E-state index contributed by atoms with van der Waals surface area (Å²) in [4.78, 5) is 9.20. The Bertz CT molecular complexity index is 1090. The van der Waals surface area contributed by atoms with Crippen molar-refractivity contribution in [1.82, 2.24) is 19.7 Å². The third-order valence-electron chi connectivity index (χ3n) is 6.12. The number of benzene rings is 2. The van der Waals surface area contributed by atoms with Crippen LogP contribution in [0.4, 0.5) is 26.1 Å². The van der Waals surface area contributed by atoms with Crippen molar-refractivity contribution in [1.29, 1.82) is 0 Å². The van der Waals surface area contributed by atoms with Crippen molar-refractivity contribution in [3.63, 3.8) is 0 Å². The van der Waals surface area contributed by atoms with E-state index in [0.29, 0.717) is 17.7 Å². The molecule has 0 bridgehead atoms. The maximum absolute atomic E-state index is 13.5. The lowest BCUT2D eigenvalue weighted by atomic mass is 10.1. The molecule has 3 aromatic rings. The molecule has 0 atom stereocenters. The molecule has 2 aromatic carbocycles. The molecule has 0 unspecified atom stereocenters. The third-order valence-corrected chi connectivity index (χ3v) is 6.12. The van der Waals surface area contributed by atoms with E-state index in [1.165, 1.54) is 28.3 Å². The van der Waals surface area contributed by atoms with Crippen molar-refractivity contribution in [2.75, 3.05) is 49.6 Å². The quantitative estimate of drug-likeness (QED) is 0.634. The number of halogens is 2. The second-order valence-corrected chi connectivity index (χ2v) is 8.19. The van der Waals surface area contributed by atoms with Gasteiger partial charge in [0.05, 0.1) is 24.9 Å². The monoisotopic (exact) mass is 440 g/mol. The van der Waals surface area contributed by atoms with Gasteiger partial charge in [0.25, 0.3) is 0 Å². The second-order valence-electron chi connectivity index (χ2n) is 8.19. The lowest BCUT2D eigenvalue weighted by Crippen LogP contribution is -2.56. The Kier molecular flexibility index (Phi) is 5.75. The Labute approximate surface area is 185 Å². The Morgan fingerprint density at radius 3 is 2.50 bits per heavy atom. The number of hydrogen-bond acceptors (Lipinski definition) is 6. The Balaban J connectivity index is 1.31. The maximum atomic E-state index is 13.5. The van der Waals surface area contributed by atoms with E-state index in [0.717, 1.165) is 63.6 Å². The summed E-state index contributed by atoms with van der Waals surface area (Å²) in [5.41, 5.74) is 3.70. The van der Waals surface area contributed by atoms with Gasteiger partial charge in [0.1, 0.15) is 6.33 Å². The topological polar surface area (TPSA) is 58.5 Å². The van der Waals surface area contributed by atoms with Crippen LogP contribution in [0.2, 0.25) is 0 Å². The van der Waals surface area contributed by atoms with E-state index in [-0.39, 0.29) is 0 Å². The lowest BCUT2D eigenvalue weighted by molar-refractivity contribution is -0.0660. The first-order chi connectivity index (χ1) is 15.6. The fraction of sp³-hybridized carbons (Fsp3) is 0.391. The molecule has 7 nitrogen and oxygen atoms in total. The molecule has 2 saturated heterocycles. The van der Waals surface area contributed by atoms with Crippen molar-refractivity contribution in [2.24, 2.45) is 0 Å². The number of piperazine rings is 1. The van der Waals surface area contributed by atoms with Gasteiger partial charge < -0.3 is 15.0 Å². The van der Waals surface area contributed by atoms with E-state index in [1.807, 2.05) is 0 Å². The van der Waals surface area contributed by atoms with Gasteiger partial charge in [0.15, 0.2) is 11.6 Å². The van der Waals surface area contributed by atoms with Crippen LogP contribution >= 0.6 is 0 Å². The minimum absolute atomic E-state index is 0.392. The first kappa shape index (κ1) is 20.8. The van der Waals surface area contributed by atoms with Gasteiger partial charge in [-0.3, -0.25) is 4.90 Å². The molecule has 2 aliphatic rings. The summed E-state index contributed by atoms with van der Waals surface area (Å²) in [5.74, 6) is -1.42. The first-order valence-corrected chi connectivity index (χ1v) is 10.9. The molecule has 2 aliphatic heterocycles. The standard InChI is InChI=1S/C23H26F2N6O/c1-2-16-9-17(11-19(10-16)29-5-7-30(8-6-29)20-13-32-14-20)27-23-26-15-31(28-23)18-3-4-21(24)22(25)12-18/h3-4,9-12,15,20H,2,5-8,13-14H2,1H3,(H,27,28). The average molecular weight is 440 g/mol. The summed E-state index contributed by atoms with van der Waals surface area (Å²) in [6.07, 6.45) is 2.39. The summed E-state index contributed by atoms with van der Waals surface area (Å²) < 4.78 is 33.5. The van der Waals surface area contributed by atoms with Crippen LogP contribution in [0.25, 0.3) is 5.69 Å². The highest BCUT2D eigenvalue weighted by Crippen LogP contribution is 2.26. The SMILES string of the molecule is CCc1cc(Nc2ncn(-c3ccc(F)c(F)c3)n2)cc(N2CCN(C3COC3)CC2)c1. The summed E-state index contributed by atoms with van der Waals surface area (Å²) in [6, 6.07) is 10.6. The average Bonchev–Trinajstić information content (AvgIpc) is 3.23. The molecular formula is C23H26F2N6O. The molecular weight excluding hydrogens is 414 g/mol. The van der Waals surface area contributed by atoms with Gasteiger partial charge in [-0.1, -0.05) is 6.92 Å². The summed E-state index contributed by atoms with van der Waals surface area (Å²) >= 11 is 0. The number of aryl methyl sites for hydroxylation is 1. The highest BCUT2D eigenvalue weighted by Gasteiger charge is 2.29. The van der Waals surface area contributed by atoms with E-state index in [1.54, 1.807) is 0 Å². The zero-order valence-corrected chi connectivity index (χ0v) is 18.0. The van der Waals surface area contributed by atoms with E-state index in [2.05, 4.69) is 50.3 Å².